The molecule has 0 aromatic heterocycles. The summed E-state index contributed by atoms with van der Waals surface area (Å²) >= 11 is 0. The zero-order valence-corrected chi connectivity index (χ0v) is 12.8. The van der Waals surface area contributed by atoms with Gasteiger partial charge in [-0.2, -0.15) is 13.2 Å². The average molecular weight is 306 g/mol. The molecule has 0 bridgehead atoms. The number of benzene rings is 1. The minimum Gasteiger partial charge on any atom is -0.358 e. The first-order valence-electron chi connectivity index (χ1n) is 7.02. The summed E-state index contributed by atoms with van der Waals surface area (Å²) in [5.74, 6) is -0.629. The Morgan fingerprint density at radius 1 is 1.19 bits per heavy atom. The number of nitrogens with zero attached hydrogens (tertiary/aromatic N) is 1. The van der Waals surface area contributed by atoms with E-state index in [-0.39, 0.29) is 11.7 Å². The Hall–Kier alpha value is -1.30. The molecule has 1 N–H and O–H groups in total. The van der Waals surface area contributed by atoms with Gasteiger partial charge in [0.15, 0.2) is 0 Å². The first-order valence-corrected chi connectivity index (χ1v) is 7.02. The summed E-state index contributed by atoms with van der Waals surface area (Å²) in [6.45, 7) is 6.61. The van der Waals surface area contributed by atoms with Gasteiger partial charge in [0.2, 0.25) is 0 Å². The lowest BCUT2D eigenvalue weighted by molar-refractivity contribution is -0.120. The molecule has 0 amide bonds. The molecular weight excluding hydrogens is 284 g/mol. The van der Waals surface area contributed by atoms with Crippen LogP contribution in [0.15, 0.2) is 18.2 Å². The molecule has 0 aliphatic heterocycles. The minimum absolute atomic E-state index is 0.0187. The van der Waals surface area contributed by atoms with Crippen LogP contribution in [0.5, 0.6) is 0 Å². The molecule has 21 heavy (non-hydrogen) atoms. The SMILES string of the molecule is CCNC(C)c1ccc(N(CC(F)(F)F)C(C)C)c(F)c1. The number of alkyl halides is 3. The normalized spacial score (nSPS) is 13.6. The maximum atomic E-state index is 14.2. The lowest BCUT2D eigenvalue weighted by Gasteiger charge is -2.30. The average Bonchev–Trinajstić information content (AvgIpc) is 2.35. The number of hydrogen-bond donors (Lipinski definition) is 1. The molecular formula is C15H22F4N2. The second kappa shape index (κ2) is 7.11. The van der Waals surface area contributed by atoms with Crippen LogP contribution in [0, 0.1) is 5.82 Å². The second-order valence-corrected chi connectivity index (χ2v) is 5.33. The monoisotopic (exact) mass is 306 g/mol. The Bertz CT molecular complexity index is 457. The number of halogens is 4. The molecule has 0 saturated heterocycles. The minimum atomic E-state index is -4.37. The highest BCUT2D eigenvalue weighted by Gasteiger charge is 2.33. The molecule has 1 atom stereocenters. The lowest BCUT2D eigenvalue weighted by atomic mass is 10.1. The quantitative estimate of drug-likeness (QED) is 0.789. The van der Waals surface area contributed by atoms with Crippen molar-refractivity contribution in [3.8, 4) is 0 Å². The van der Waals surface area contributed by atoms with Crippen molar-refractivity contribution in [3.05, 3.63) is 29.6 Å². The van der Waals surface area contributed by atoms with Gasteiger partial charge in [-0.1, -0.05) is 13.0 Å². The van der Waals surface area contributed by atoms with E-state index < -0.39 is 24.6 Å². The first kappa shape index (κ1) is 17.8. The Morgan fingerprint density at radius 2 is 1.81 bits per heavy atom. The second-order valence-electron chi connectivity index (χ2n) is 5.33. The van der Waals surface area contributed by atoms with Gasteiger partial charge in [-0.15, -0.1) is 0 Å². The third kappa shape index (κ3) is 5.19. The molecule has 6 heteroatoms. The number of hydrogen-bond acceptors (Lipinski definition) is 2. The molecule has 0 saturated carbocycles. The van der Waals surface area contributed by atoms with E-state index in [1.54, 1.807) is 19.9 Å². The van der Waals surface area contributed by atoms with Gasteiger partial charge in [-0.25, -0.2) is 4.39 Å². The summed E-state index contributed by atoms with van der Waals surface area (Å²) in [7, 11) is 0. The molecule has 1 unspecified atom stereocenters. The van der Waals surface area contributed by atoms with Gasteiger partial charge < -0.3 is 10.2 Å². The van der Waals surface area contributed by atoms with Crippen molar-refractivity contribution in [2.45, 2.75) is 46.0 Å². The Labute approximate surface area is 123 Å². The summed E-state index contributed by atoms with van der Waals surface area (Å²) < 4.78 is 52.1. The van der Waals surface area contributed by atoms with E-state index in [2.05, 4.69) is 5.32 Å². The summed E-state index contributed by atoms with van der Waals surface area (Å²) in [4.78, 5) is 1.02. The molecule has 120 valence electrons. The lowest BCUT2D eigenvalue weighted by Crippen LogP contribution is -2.39. The molecule has 1 aromatic carbocycles. The fourth-order valence-corrected chi connectivity index (χ4v) is 2.19. The topological polar surface area (TPSA) is 15.3 Å². The van der Waals surface area contributed by atoms with Crippen molar-refractivity contribution in [3.63, 3.8) is 0 Å². The third-order valence-corrected chi connectivity index (χ3v) is 3.26. The van der Waals surface area contributed by atoms with Crippen LogP contribution >= 0.6 is 0 Å². The van der Waals surface area contributed by atoms with Crippen LogP contribution in [0.25, 0.3) is 0 Å². The maximum Gasteiger partial charge on any atom is 0.405 e. The highest BCUT2D eigenvalue weighted by molar-refractivity contribution is 5.50. The Morgan fingerprint density at radius 3 is 2.24 bits per heavy atom. The molecule has 0 spiro atoms. The number of rotatable bonds is 6. The van der Waals surface area contributed by atoms with Crippen LogP contribution in [0.2, 0.25) is 0 Å². The predicted octanol–water partition coefficient (Wildman–Crippen LogP) is 4.27. The van der Waals surface area contributed by atoms with Crippen molar-refractivity contribution in [2.24, 2.45) is 0 Å². The van der Waals surface area contributed by atoms with Crippen molar-refractivity contribution < 1.29 is 17.6 Å². The molecule has 1 rings (SSSR count). The highest BCUT2D eigenvalue weighted by atomic mass is 19.4. The van der Waals surface area contributed by atoms with Gasteiger partial charge in [0.05, 0.1) is 5.69 Å². The number of nitrogens with one attached hydrogen (secondary N) is 1. The van der Waals surface area contributed by atoms with E-state index >= 15 is 0 Å². The van der Waals surface area contributed by atoms with Crippen LogP contribution in [0.4, 0.5) is 23.2 Å². The predicted molar refractivity (Wildman–Crippen MR) is 77.0 cm³/mol. The molecule has 2 nitrogen and oxygen atoms in total. The first-order chi connectivity index (χ1) is 9.65. The van der Waals surface area contributed by atoms with Gasteiger partial charge >= 0.3 is 6.18 Å². The summed E-state index contributed by atoms with van der Waals surface area (Å²) in [6, 6.07) is 3.89. The molecule has 1 aromatic rings. The van der Waals surface area contributed by atoms with Crippen molar-refractivity contribution >= 4 is 5.69 Å². The highest BCUT2D eigenvalue weighted by Crippen LogP contribution is 2.28. The van der Waals surface area contributed by atoms with Gasteiger partial charge in [0, 0.05) is 12.1 Å². The smallest absolute Gasteiger partial charge is 0.358 e. The largest absolute Gasteiger partial charge is 0.405 e. The van der Waals surface area contributed by atoms with E-state index in [1.165, 1.54) is 12.1 Å². The zero-order valence-electron chi connectivity index (χ0n) is 12.8. The Kier molecular flexibility index (Phi) is 6.01. The van der Waals surface area contributed by atoms with Crippen LogP contribution in [-0.4, -0.2) is 25.3 Å². The fraction of sp³-hybridized carbons (Fsp3) is 0.600. The van der Waals surface area contributed by atoms with E-state index in [0.717, 1.165) is 11.4 Å². The zero-order chi connectivity index (χ0) is 16.2. The van der Waals surface area contributed by atoms with Crippen LogP contribution in [0.3, 0.4) is 0 Å². The molecule has 0 heterocycles. The van der Waals surface area contributed by atoms with Gasteiger partial charge in [0.1, 0.15) is 12.4 Å². The van der Waals surface area contributed by atoms with Crippen molar-refractivity contribution in [2.75, 3.05) is 18.0 Å². The molecule has 0 aliphatic rings. The van der Waals surface area contributed by atoms with Gasteiger partial charge in [-0.3, -0.25) is 0 Å². The molecule has 0 radical (unpaired) electrons. The van der Waals surface area contributed by atoms with Gasteiger partial charge in [0.25, 0.3) is 0 Å². The fourth-order valence-electron chi connectivity index (χ4n) is 2.19. The Balaban J connectivity index is 3.05. The van der Waals surface area contributed by atoms with E-state index in [9.17, 15) is 17.6 Å². The summed E-state index contributed by atoms with van der Waals surface area (Å²) in [5, 5.41) is 3.14. The van der Waals surface area contributed by atoms with Crippen molar-refractivity contribution in [1.29, 1.82) is 0 Å². The summed E-state index contributed by atoms with van der Waals surface area (Å²) in [6.07, 6.45) is -4.37. The van der Waals surface area contributed by atoms with Crippen LogP contribution < -0.4 is 10.2 Å². The number of anilines is 1. The van der Waals surface area contributed by atoms with E-state index in [0.29, 0.717) is 5.56 Å². The van der Waals surface area contributed by atoms with Crippen molar-refractivity contribution in [1.82, 2.24) is 5.32 Å². The molecule has 0 aliphatic carbocycles. The van der Waals surface area contributed by atoms with E-state index in [4.69, 9.17) is 0 Å². The van der Waals surface area contributed by atoms with Crippen LogP contribution in [0.1, 0.15) is 39.3 Å². The maximum absolute atomic E-state index is 14.2. The molecule has 0 fully saturated rings. The van der Waals surface area contributed by atoms with E-state index in [1.807, 2.05) is 13.8 Å². The van der Waals surface area contributed by atoms with Crippen LogP contribution in [-0.2, 0) is 0 Å². The third-order valence-electron chi connectivity index (χ3n) is 3.26. The standard InChI is InChI=1S/C15H22F4N2/c1-5-20-11(4)12-6-7-14(13(16)8-12)21(10(2)3)9-15(17,18)19/h6-8,10-11,20H,5,9H2,1-4H3. The summed E-state index contributed by atoms with van der Waals surface area (Å²) in [5.41, 5.74) is 0.698. The van der Waals surface area contributed by atoms with Gasteiger partial charge in [-0.05, 0) is 45.0 Å².